The van der Waals surface area contributed by atoms with Crippen LogP contribution >= 0.6 is 23.1 Å². The van der Waals surface area contributed by atoms with Gasteiger partial charge in [-0.3, -0.25) is 4.79 Å². The van der Waals surface area contributed by atoms with E-state index >= 15 is 0 Å². The van der Waals surface area contributed by atoms with Crippen molar-refractivity contribution in [3.05, 3.63) is 26.6 Å². The molecule has 2 N–H and O–H groups in total. The highest BCUT2D eigenvalue weighted by Gasteiger charge is 2.19. The maximum atomic E-state index is 12.3. The van der Waals surface area contributed by atoms with Crippen LogP contribution in [0.3, 0.4) is 0 Å². The Hall–Kier alpha value is -0.850. The predicted molar refractivity (Wildman–Crippen MR) is 89.3 cm³/mol. The number of H-pyrrole nitrogens is 1. The number of fused-ring (bicyclic) bond motifs is 3. The smallest absolute Gasteiger partial charge is 0.259 e. The van der Waals surface area contributed by atoms with Crippen molar-refractivity contribution in [1.82, 2.24) is 9.97 Å². The van der Waals surface area contributed by atoms with Crippen LogP contribution in [0, 0.1) is 5.92 Å². The molecule has 0 saturated carbocycles. The quantitative estimate of drug-likeness (QED) is 0.887. The lowest BCUT2D eigenvalue weighted by atomic mass is 9.97. The fraction of sp³-hybridized carbons (Fsp3) is 0.600. The summed E-state index contributed by atoms with van der Waals surface area (Å²) in [6.45, 7) is 2.22. The van der Waals surface area contributed by atoms with Crippen LogP contribution in [0.1, 0.15) is 36.0 Å². The third-order valence-corrected chi connectivity index (χ3v) is 6.29. The minimum absolute atomic E-state index is 0.0187. The molecule has 1 unspecified atom stereocenters. The third kappa shape index (κ3) is 3.17. The predicted octanol–water partition coefficient (Wildman–Crippen LogP) is 2.73. The Balaban J connectivity index is 1.84. The number of thiophene rings is 1. The molecule has 21 heavy (non-hydrogen) atoms. The van der Waals surface area contributed by atoms with Gasteiger partial charge in [0.15, 0.2) is 0 Å². The first-order chi connectivity index (χ1) is 10.2. The van der Waals surface area contributed by atoms with Gasteiger partial charge in [0.05, 0.1) is 11.1 Å². The van der Waals surface area contributed by atoms with Crippen LogP contribution in [0.25, 0.3) is 10.2 Å². The summed E-state index contributed by atoms with van der Waals surface area (Å²) >= 11 is 3.40. The maximum Gasteiger partial charge on any atom is 0.259 e. The Morgan fingerprint density at radius 2 is 2.24 bits per heavy atom. The maximum absolute atomic E-state index is 12.3. The number of nitrogens with one attached hydrogen (secondary N) is 1. The van der Waals surface area contributed by atoms with E-state index in [1.54, 1.807) is 23.1 Å². The van der Waals surface area contributed by atoms with Crippen molar-refractivity contribution >= 4 is 33.3 Å². The molecule has 4 nitrogen and oxygen atoms in total. The summed E-state index contributed by atoms with van der Waals surface area (Å²) in [5, 5.41) is 9.85. The van der Waals surface area contributed by atoms with E-state index in [0.29, 0.717) is 5.75 Å². The highest BCUT2D eigenvalue weighted by atomic mass is 32.2. The van der Waals surface area contributed by atoms with Crippen LogP contribution in [0.2, 0.25) is 0 Å². The SMILES string of the molecule is CC(CO)CSCc1nc2sc3c(c2c(=O)[nH]1)CCCC3. The first-order valence-corrected chi connectivity index (χ1v) is 9.38. The monoisotopic (exact) mass is 324 g/mol. The summed E-state index contributed by atoms with van der Waals surface area (Å²) in [7, 11) is 0. The molecule has 0 radical (unpaired) electrons. The summed E-state index contributed by atoms with van der Waals surface area (Å²) in [6.07, 6.45) is 4.50. The topological polar surface area (TPSA) is 66.0 Å². The van der Waals surface area contributed by atoms with Crippen molar-refractivity contribution in [2.45, 2.75) is 38.4 Å². The highest BCUT2D eigenvalue weighted by molar-refractivity contribution is 7.98. The fourth-order valence-corrected chi connectivity index (χ4v) is 4.92. The average molecular weight is 324 g/mol. The standard InChI is InChI=1S/C15H20N2O2S2/c1-9(6-18)7-20-8-12-16-14(19)13-10-4-2-3-5-11(10)21-15(13)17-12/h9,18H,2-8H2,1H3,(H,16,17,19). The number of aromatic nitrogens is 2. The first-order valence-electron chi connectivity index (χ1n) is 7.41. The molecule has 2 aromatic heterocycles. The Bertz CT molecular complexity index is 693. The van der Waals surface area contributed by atoms with E-state index in [2.05, 4.69) is 9.97 Å². The number of aliphatic hydroxyl groups excluding tert-OH is 1. The van der Waals surface area contributed by atoms with Gasteiger partial charge < -0.3 is 10.1 Å². The number of nitrogens with zero attached hydrogens (tertiary/aromatic N) is 1. The summed E-state index contributed by atoms with van der Waals surface area (Å²) in [6, 6.07) is 0. The van der Waals surface area contributed by atoms with Gasteiger partial charge >= 0.3 is 0 Å². The zero-order valence-corrected chi connectivity index (χ0v) is 13.8. The van der Waals surface area contributed by atoms with E-state index in [0.717, 1.165) is 34.6 Å². The van der Waals surface area contributed by atoms with Crippen molar-refractivity contribution in [3.63, 3.8) is 0 Å². The van der Waals surface area contributed by atoms with Crippen molar-refractivity contribution in [1.29, 1.82) is 0 Å². The molecule has 0 aromatic carbocycles. The van der Waals surface area contributed by atoms with Gasteiger partial charge in [-0.25, -0.2) is 4.98 Å². The molecule has 0 amide bonds. The molecule has 1 aliphatic rings. The molecule has 0 aliphatic heterocycles. The molecule has 1 aliphatic carbocycles. The number of thioether (sulfide) groups is 1. The van der Waals surface area contributed by atoms with E-state index < -0.39 is 0 Å². The minimum atomic E-state index is 0.0187. The number of hydrogen-bond donors (Lipinski definition) is 2. The van der Waals surface area contributed by atoms with Gasteiger partial charge in [0, 0.05) is 11.5 Å². The lowest BCUT2D eigenvalue weighted by Crippen LogP contribution is -2.13. The minimum Gasteiger partial charge on any atom is -0.396 e. The van der Waals surface area contributed by atoms with Gasteiger partial charge in [-0.1, -0.05) is 6.92 Å². The van der Waals surface area contributed by atoms with Crippen molar-refractivity contribution in [2.24, 2.45) is 5.92 Å². The molecular formula is C15H20N2O2S2. The lowest BCUT2D eigenvalue weighted by Gasteiger charge is -2.09. The second-order valence-corrected chi connectivity index (χ2v) is 7.82. The van der Waals surface area contributed by atoms with Crippen LogP contribution in [-0.4, -0.2) is 27.4 Å². The Morgan fingerprint density at radius 1 is 1.43 bits per heavy atom. The summed E-state index contributed by atoms with van der Waals surface area (Å²) in [5.41, 5.74) is 1.26. The van der Waals surface area contributed by atoms with Gasteiger partial charge in [-0.05, 0) is 42.9 Å². The number of hydrogen-bond acceptors (Lipinski definition) is 5. The summed E-state index contributed by atoms with van der Waals surface area (Å²) in [5.74, 6) is 2.60. The van der Waals surface area contributed by atoms with Crippen LogP contribution in [-0.2, 0) is 18.6 Å². The molecule has 114 valence electrons. The molecule has 6 heteroatoms. The molecule has 2 aromatic rings. The van der Waals surface area contributed by atoms with E-state index in [9.17, 15) is 4.79 Å². The number of aryl methyl sites for hydroxylation is 2. The van der Waals surface area contributed by atoms with Gasteiger partial charge in [0.1, 0.15) is 10.7 Å². The van der Waals surface area contributed by atoms with E-state index in [1.165, 1.54) is 23.3 Å². The molecule has 3 rings (SSSR count). The molecular weight excluding hydrogens is 304 g/mol. The van der Waals surface area contributed by atoms with Crippen LogP contribution in [0.5, 0.6) is 0 Å². The summed E-state index contributed by atoms with van der Waals surface area (Å²) < 4.78 is 0. The lowest BCUT2D eigenvalue weighted by molar-refractivity contribution is 0.250. The molecule has 2 heterocycles. The average Bonchev–Trinajstić information content (AvgIpc) is 2.85. The second kappa shape index (κ2) is 6.50. The zero-order chi connectivity index (χ0) is 14.8. The first kappa shape index (κ1) is 15.1. The van der Waals surface area contributed by atoms with Gasteiger partial charge in [0.2, 0.25) is 0 Å². The largest absolute Gasteiger partial charge is 0.396 e. The number of aliphatic hydroxyl groups is 1. The second-order valence-electron chi connectivity index (χ2n) is 5.71. The van der Waals surface area contributed by atoms with E-state index in [-0.39, 0.29) is 18.1 Å². The van der Waals surface area contributed by atoms with Crippen LogP contribution in [0.15, 0.2) is 4.79 Å². The van der Waals surface area contributed by atoms with Gasteiger partial charge in [0.25, 0.3) is 5.56 Å². The Kier molecular flexibility index (Phi) is 4.66. The third-order valence-electron chi connectivity index (χ3n) is 3.83. The van der Waals surface area contributed by atoms with E-state index in [1.807, 2.05) is 6.92 Å². The van der Waals surface area contributed by atoms with Crippen molar-refractivity contribution in [3.8, 4) is 0 Å². The van der Waals surface area contributed by atoms with Crippen molar-refractivity contribution in [2.75, 3.05) is 12.4 Å². The fourth-order valence-electron chi connectivity index (χ4n) is 2.69. The normalized spacial score (nSPS) is 16.1. The molecule has 1 atom stereocenters. The highest BCUT2D eigenvalue weighted by Crippen LogP contribution is 2.33. The van der Waals surface area contributed by atoms with Gasteiger partial charge in [-0.2, -0.15) is 11.8 Å². The van der Waals surface area contributed by atoms with Crippen molar-refractivity contribution < 1.29 is 5.11 Å². The van der Waals surface area contributed by atoms with Crippen LogP contribution < -0.4 is 5.56 Å². The molecule has 0 bridgehead atoms. The Morgan fingerprint density at radius 3 is 3.05 bits per heavy atom. The molecule has 0 fully saturated rings. The van der Waals surface area contributed by atoms with E-state index in [4.69, 9.17) is 5.11 Å². The number of rotatable bonds is 5. The summed E-state index contributed by atoms with van der Waals surface area (Å²) in [4.78, 5) is 22.2. The molecule has 0 saturated heterocycles. The molecule has 0 spiro atoms. The van der Waals surface area contributed by atoms with Crippen LogP contribution in [0.4, 0.5) is 0 Å². The zero-order valence-electron chi connectivity index (χ0n) is 12.1. The van der Waals surface area contributed by atoms with Gasteiger partial charge in [-0.15, -0.1) is 11.3 Å². The number of aromatic amines is 1. The Labute approximate surface area is 132 Å².